The maximum Gasteiger partial charge on any atom is 0.309 e. The number of para-hydroxylation sites is 1. The number of piperidine rings is 1. The molecule has 0 bridgehead atoms. The van der Waals surface area contributed by atoms with E-state index in [0.717, 1.165) is 5.52 Å². The molecule has 6 nitrogen and oxygen atoms in total. The number of likely N-dealkylation sites (tertiary alicyclic amines) is 1. The number of hydrogen-bond donors (Lipinski definition) is 2. The third-order valence-corrected chi connectivity index (χ3v) is 5.41. The van der Waals surface area contributed by atoms with Crippen molar-refractivity contribution in [3.63, 3.8) is 0 Å². The van der Waals surface area contributed by atoms with Crippen molar-refractivity contribution >= 4 is 22.8 Å². The third-order valence-electron chi connectivity index (χ3n) is 5.41. The van der Waals surface area contributed by atoms with Crippen LogP contribution in [0.3, 0.4) is 0 Å². The third kappa shape index (κ3) is 3.16. The van der Waals surface area contributed by atoms with Gasteiger partial charge in [-0.15, -0.1) is 0 Å². The highest BCUT2D eigenvalue weighted by atomic mass is 16.4. The van der Waals surface area contributed by atoms with Gasteiger partial charge in [-0.1, -0.05) is 19.1 Å². The summed E-state index contributed by atoms with van der Waals surface area (Å²) >= 11 is 0. The molecule has 132 valence electrons. The molecule has 1 fully saturated rings. The average molecular weight is 342 g/mol. The van der Waals surface area contributed by atoms with Crippen LogP contribution >= 0.6 is 0 Å². The minimum absolute atomic E-state index is 0.0341. The van der Waals surface area contributed by atoms with Crippen LogP contribution in [0.4, 0.5) is 0 Å². The van der Waals surface area contributed by atoms with Gasteiger partial charge in [0.1, 0.15) is 0 Å². The highest BCUT2D eigenvalue weighted by molar-refractivity contribution is 5.83. The molecule has 0 radical (unpaired) electrons. The molecule has 0 atom stereocenters. The van der Waals surface area contributed by atoms with E-state index in [-0.39, 0.29) is 17.8 Å². The monoisotopic (exact) mass is 342 g/mol. The van der Waals surface area contributed by atoms with E-state index in [9.17, 15) is 19.5 Å². The highest BCUT2D eigenvalue weighted by Gasteiger charge is 2.40. The van der Waals surface area contributed by atoms with Crippen LogP contribution in [0, 0.1) is 5.41 Å². The van der Waals surface area contributed by atoms with Crippen molar-refractivity contribution in [2.45, 2.75) is 32.6 Å². The number of hydrogen-bond acceptors (Lipinski definition) is 3. The number of fused-ring (bicyclic) bond motifs is 1. The second kappa shape index (κ2) is 6.70. The molecule has 0 spiro atoms. The zero-order valence-electron chi connectivity index (χ0n) is 14.2. The van der Waals surface area contributed by atoms with Gasteiger partial charge in [0.05, 0.1) is 11.8 Å². The first kappa shape index (κ1) is 17.2. The quantitative estimate of drug-likeness (QED) is 0.891. The molecule has 6 heteroatoms. The van der Waals surface area contributed by atoms with Gasteiger partial charge in [0.15, 0.2) is 5.43 Å². The van der Waals surface area contributed by atoms with E-state index >= 15 is 0 Å². The molecular weight excluding hydrogens is 320 g/mol. The second-order valence-electron chi connectivity index (χ2n) is 6.69. The van der Waals surface area contributed by atoms with Crippen LogP contribution in [-0.2, 0) is 16.0 Å². The van der Waals surface area contributed by atoms with Gasteiger partial charge in [-0.25, -0.2) is 0 Å². The fourth-order valence-electron chi connectivity index (χ4n) is 3.52. The van der Waals surface area contributed by atoms with E-state index in [4.69, 9.17) is 0 Å². The second-order valence-corrected chi connectivity index (χ2v) is 6.69. The number of pyridine rings is 1. The topological polar surface area (TPSA) is 90.5 Å². The number of benzene rings is 1. The normalized spacial score (nSPS) is 16.8. The summed E-state index contributed by atoms with van der Waals surface area (Å²) in [7, 11) is 0. The van der Waals surface area contributed by atoms with Gasteiger partial charge < -0.3 is 15.0 Å². The van der Waals surface area contributed by atoms with Gasteiger partial charge in [-0.05, 0) is 31.4 Å². The van der Waals surface area contributed by atoms with Gasteiger partial charge >= 0.3 is 5.97 Å². The fraction of sp³-hybridized carbons (Fsp3) is 0.421. The predicted molar refractivity (Wildman–Crippen MR) is 94.4 cm³/mol. The summed E-state index contributed by atoms with van der Waals surface area (Å²) in [4.78, 5) is 41.3. The summed E-state index contributed by atoms with van der Waals surface area (Å²) < 4.78 is 0. The molecule has 2 aromatic rings. The van der Waals surface area contributed by atoms with E-state index in [2.05, 4.69) is 4.98 Å². The smallest absolute Gasteiger partial charge is 0.309 e. The molecular formula is C19H22N2O4. The number of H-pyrrole nitrogens is 1. The molecule has 0 saturated carbocycles. The van der Waals surface area contributed by atoms with Crippen molar-refractivity contribution in [1.29, 1.82) is 0 Å². The van der Waals surface area contributed by atoms with Crippen molar-refractivity contribution < 1.29 is 14.7 Å². The predicted octanol–water partition coefficient (Wildman–Crippen LogP) is 2.17. The van der Waals surface area contributed by atoms with E-state index in [1.165, 1.54) is 0 Å². The van der Waals surface area contributed by atoms with Crippen molar-refractivity contribution in [1.82, 2.24) is 9.88 Å². The lowest BCUT2D eigenvalue weighted by atomic mass is 9.76. The molecule has 0 unspecified atom stereocenters. The largest absolute Gasteiger partial charge is 0.481 e. The maximum atomic E-state index is 12.6. The van der Waals surface area contributed by atoms with E-state index in [0.29, 0.717) is 43.3 Å². The van der Waals surface area contributed by atoms with E-state index < -0.39 is 11.4 Å². The lowest BCUT2D eigenvalue weighted by molar-refractivity contribution is -0.154. The maximum absolute atomic E-state index is 12.6. The molecule has 3 rings (SSSR count). The zero-order valence-corrected chi connectivity index (χ0v) is 14.2. The fourth-order valence-corrected chi connectivity index (χ4v) is 3.52. The summed E-state index contributed by atoms with van der Waals surface area (Å²) in [6, 6.07) is 7.21. The van der Waals surface area contributed by atoms with Crippen LogP contribution in [0.2, 0.25) is 0 Å². The first-order valence-corrected chi connectivity index (χ1v) is 8.57. The van der Waals surface area contributed by atoms with Crippen LogP contribution in [0.5, 0.6) is 0 Å². The van der Waals surface area contributed by atoms with Crippen molar-refractivity contribution in [3.05, 3.63) is 46.2 Å². The van der Waals surface area contributed by atoms with E-state index in [1.54, 1.807) is 23.2 Å². The molecule has 1 saturated heterocycles. The Morgan fingerprint density at radius 1 is 1.24 bits per heavy atom. The van der Waals surface area contributed by atoms with Crippen molar-refractivity contribution in [3.8, 4) is 0 Å². The number of nitrogens with zero attached hydrogens (tertiary/aromatic N) is 1. The number of aromatic nitrogens is 1. The van der Waals surface area contributed by atoms with Gasteiger partial charge in [0, 0.05) is 35.8 Å². The van der Waals surface area contributed by atoms with Crippen LogP contribution in [0.15, 0.2) is 35.3 Å². The Morgan fingerprint density at radius 2 is 1.92 bits per heavy atom. The van der Waals surface area contributed by atoms with Gasteiger partial charge in [0.25, 0.3) is 0 Å². The molecule has 25 heavy (non-hydrogen) atoms. The highest BCUT2D eigenvalue weighted by Crippen LogP contribution is 2.35. The lowest BCUT2D eigenvalue weighted by Crippen LogP contribution is -2.47. The molecule has 1 aromatic carbocycles. The van der Waals surface area contributed by atoms with Crippen LogP contribution < -0.4 is 5.43 Å². The van der Waals surface area contributed by atoms with Gasteiger partial charge in [-0.3, -0.25) is 14.4 Å². The number of rotatable bonds is 4. The summed E-state index contributed by atoms with van der Waals surface area (Å²) in [5, 5.41) is 10.0. The molecule has 1 amide bonds. The molecule has 1 aliphatic rings. The Kier molecular flexibility index (Phi) is 4.61. The molecule has 1 aliphatic heterocycles. The van der Waals surface area contributed by atoms with Crippen LogP contribution in [0.25, 0.3) is 10.9 Å². The number of aliphatic carboxylic acids is 1. The molecule has 0 aliphatic carbocycles. The summed E-state index contributed by atoms with van der Waals surface area (Å²) in [5.41, 5.74) is 0.329. The standard InChI is InChI=1S/C19H22N2O4/c1-2-19(18(24)25)7-9-21(10-8-19)16(22)11-13-12-20-15-6-4-3-5-14(15)17(13)23/h3-6,12H,2,7-11H2,1H3,(H,20,23)(H,24,25). The minimum atomic E-state index is -0.784. The first-order chi connectivity index (χ1) is 12.0. The SMILES string of the molecule is CCC1(C(=O)O)CCN(C(=O)Cc2c[nH]c3ccccc3c2=O)CC1. The first-order valence-electron chi connectivity index (χ1n) is 8.57. The zero-order chi connectivity index (χ0) is 18.0. The molecule has 2 heterocycles. The summed E-state index contributed by atoms with van der Waals surface area (Å²) in [5.74, 6) is -0.913. The lowest BCUT2D eigenvalue weighted by Gasteiger charge is -2.38. The van der Waals surface area contributed by atoms with Crippen LogP contribution in [0.1, 0.15) is 31.7 Å². The number of carbonyl (C=O) groups is 2. The van der Waals surface area contributed by atoms with Gasteiger partial charge in [0.2, 0.25) is 5.91 Å². The van der Waals surface area contributed by atoms with Crippen molar-refractivity contribution in [2.75, 3.05) is 13.1 Å². The Balaban J connectivity index is 1.73. The number of carboxylic acid groups (broad SMARTS) is 1. The number of amides is 1. The van der Waals surface area contributed by atoms with Gasteiger partial charge in [-0.2, -0.15) is 0 Å². The Hall–Kier alpha value is -2.63. The number of aromatic amines is 1. The number of nitrogens with one attached hydrogen (secondary N) is 1. The minimum Gasteiger partial charge on any atom is -0.481 e. The molecule has 2 N–H and O–H groups in total. The summed E-state index contributed by atoms with van der Waals surface area (Å²) in [6.45, 7) is 2.72. The van der Waals surface area contributed by atoms with Crippen LogP contribution in [-0.4, -0.2) is 40.0 Å². The number of carbonyl (C=O) groups excluding carboxylic acids is 1. The average Bonchev–Trinajstić information content (AvgIpc) is 2.64. The summed E-state index contributed by atoms with van der Waals surface area (Å²) in [6.07, 6.45) is 3.11. The Labute approximate surface area is 145 Å². The van der Waals surface area contributed by atoms with E-state index in [1.807, 2.05) is 19.1 Å². The Morgan fingerprint density at radius 3 is 2.56 bits per heavy atom. The Bertz CT molecular complexity index is 863. The number of carboxylic acids is 1. The van der Waals surface area contributed by atoms with Crippen molar-refractivity contribution in [2.24, 2.45) is 5.41 Å². The molecule has 1 aromatic heterocycles.